The van der Waals surface area contributed by atoms with Gasteiger partial charge in [0.2, 0.25) is 0 Å². The highest BCUT2D eigenvalue weighted by atomic mass is 16.4. The van der Waals surface area contributed by atoms with Crippen LogP contribution in [0.3, 0.4) is 0 Å². The Hall–Kier alpha value is -1.97. The molecule has 0 aromatic carbocycles. The fourth-order valence-corrected chi connectivity index (χ4v) is 1.73. The number of carboxylic acids is 1. The molecule has 4 heteroatoms. The van der Waals surface area contributed by atoms with Crippen molar-refractivity contribution >= 4 is 16.9 Å². The predicted octanol–water partition coefficient (Wildman–Crippen LogP) is 2.21. The Bertz CT molecular complexity index is 525. The van der Waals surface area contributed by atoms with E-state index in [0.717, 1.165) is 16.5 Å². The van der Waals surface area contributed by atoms with E-state index in [9.17, 15) is 4.79 Å². The lowest BCUT2D eigenvalue weighted by Crippen LogP contribution is -2.10. The second kappa shape index (κ2) is 4.26. The molecule has 2 aromatic heterocycles. The Balaban J connectivity index is 2.49. The van der Waals surface area contributed by atoms with Crippen LogP contribution in [0.15, 0.2) is 30.7 Å². The number of carbonyl (C=O) groups is 1. The van der Waals surface area contributed by atoms with Gasteiger partial charge in [-0.25, -0.2) is 0 Å². The minimum absolute atomic E-state index is 0.489. The van der Waals surface area contributed by atoms with Gasteiger partial charge in [0.1, 0.15) is 0 Å². The fraction of sp³-hybridized carbons (Fsp3) is 0.250. The summed E-state index contributed by atoms with van der Waals surface area (Å²) in [5.74, 6) is -1.30. The maximum absolute atomic E-state index is 11.0. The summed E-state index contributed by atoms with van der Waals surface area (Å²) in [5, 5.41) is 9.93. The summed E-state index contributed by atoms with van der Waals surface area (Å²) in [7, 11) is 0. The van der Waals surface area contributed by atoms with Gasteiger partial charge >= 0.3 is 5.97 Å². The van der Waals surface area contributed by atoms with Crippen LogP contribution in [0.5, 0.6) is 0 Å². The van der Waals surface area contributed by atoms with Gasteiger partial charge in [-0.1, -0.05) is 6.92 Å². The third kappa shape index (κ3) is 1.86. The van der Waals surface area contributed by atoms with Crippen molar-refractivity contribution in [2.45, 2.75) is 19.3 Å². The third-order valence-electron chi connectivity index (χ3n) is 2.61. The molecule has 0 saturated heterocycles. The molecule has 0 amide bonds. The van der Waals surface area contributed by atoms with Crippen LogP contribution in [0, 0.1) is 0 Å². The van der Waals surface area contributed by atoms with Crippen molar-refractivity contribution in [2.75, 3.05) is 0 Å². The molecule has 2 heterocycles. The fourth-order valence-electron chi connectivity index (χ4n) is 1.73. The van der Waals surface area contributed by atoms with Gasteiger partial charge in [-0.2, -0.15) is 0 Å². The molecule has 0 aliphatic carbocycles. The van der Waals surface area contributed by atoms with E-state index < -0.39 is 11.9 Å². The molecule has 0 fully saturated rings. The van der Waals surface area contributed by atoms with E-state index in [4.69, 9.17) is 5.11 Å². The first kappa shape index (κ1) is 10.5. The molecule has 1 atom stereocenters. The van der Waals surface area contributed by atoms with Gasteiger partial charge in [0.15, 0.2) is 0 Å². The second-order valence-corrected chi connectivity index (χ2v) is 3.64. The minimum atomic E-state index is -0.812. The summed E-state index contributed by atoms with van der Waals surface area (Å²) in [4.78, 5) is 19.2. The first-order chi connectivity index (χ1) is 7.72. The SMILES string of the molecule is CCC(C(=O)O)c1cnc2ccncc2c1. The normalized spacial score (nSPS) is 12.6. The van der Waals surface area contributed by atoms with Crippen molar-refractivity contribution in [1.29, 1.82) is 0 Å². The monoisotopic (exact) mass is 216 g/mol. The molecule has 1 N–H and O–H groups in total. The molecule has 82 valence electrons. The van der Waals surface area contributed by atoms with Crippen LogP contribution in [-0.4, -0.2) is 21.0 Å². The average molecular weight is 216 g/mol. The van der Waals surface area contributed by atoms with Crippen LogP contribution in [-0.2, 0) is 4.79 Å². The van der Waals surface area contributed by atoms with Gasteiger partial charge in [0.25, 0.3) is 0 Å². The zero-order chi connectivity index (χ0) is 11.5. The van der Waals surface area contributed by atoms with E-state index >= 15 is 0 Å². The van der Waals surface area contributed by atoms with Crippen molar-refractivity contribution in [2.24, 2.45) is 0 Å². The van der Waals surface area contributed by atoms with Gasteiger partial charge in [-0.3, -0.25) is 14.8 Å². The van der Waals surface area contributed by atoms with Crippen molar-refractivity contribution in [3.8, 4) is 0 Å². The van der Waals surface area contributed by atoms with Crippen LogP contribution in [0.25, 0.3) is 10.9 Å². The van der Waals surface area contributed by atoms with E-state index in [-0.39, 0.29) is 0 Å². The molecule has 16 heavy (non-hydrogen) atoms. The highest BCUT2D eigenvalue weighted by Gasteiger charge is 2.17. The number of carboxylic acid groups (broad SMARTS) is 1. The van der Waals surface area contributed by atoms with Crippen LogP contribution < -0.4 is 0 Å². The predicted molar refractivity (Wildman–Crippen MR) is 60.2 cm³/mol. The molecule has 0 saturated carbocycles. The Morgan fingerprint density at radius 2 is 2.31 bits per heavy atom. The molecular formula is C12H12N2O2. The lowest BCUT2D eigenvalue weighted by molar-refractivity contribution is -0.138. The lowest BCUT2D eigenvalue weighted by atomic mass is 9.97. The number of rotatable bonds is 3. The molecule has 0 radical (unpaired) electrons. The van der Waals surface area contributed by atoms with Gasteiger partial charge in [-0.15, -0.1) is 0 Å². The number of aliphatic carboxylic acids is 1. The van der Waals surface area contributed by atoms with E-state index in [1.807, 2.05) is 13.0 Å². The van der Waals surface area contributed by atoms with Crippen LogP contribution in [0.1, 0.15) is 24.8 Å². The highest BCUT2D eigenvalue weighted by Crippen LogP contribution is 2.22. The number of fused-ring (bicyclic) bond motifs is 1. The second-order valence-electron chi connectivity index (χ2n) is 3.64. The van der Waals surface area contributed by atoms with E-state index in [2.05, 4.69) is 9.97 Å². The molecular weight excluding hydrogens is 204 g/mol. The number of aromatic nitrogens is 2. The molecule has 1 unspecified atom stereocenters. The quantitative estimate of drug-likeness (QED) is 0.854. The zero-order valence-electron chi connectivity index (χ0n) is 8.92. The molecule has 4 nitrogen and oxygen atoms in total. The van der Waals surface area contributed by atoms with E-state index in [0.29, 0.717) is 6.42 Å². The van der Waals surface area contributed by atoms with Crippen molar-refractivity contribution < 1.29 is 9.90 Å². The lowest BCUT2D eigenvalue weighted by Gasteiger charge is -2.09. The van der Waals surface area contributed by atoms with Gasteiger partial charge in [-0.05, 0) is 24.1 Å². The first-order valence-electron chi connectivity index (χ1n) is 5.15. The van der Waals surface area contributed by atoms with Crippen molar-refractivity contribution in [3.05, 3.63) is 36.3 Å². The van der Waals surface area contributed by atoms with E-state index in [1.165, 1.54) is 0 Å². The minimum Gasteiger partial charge on any atom is -0.481 e. The summed E-state index contributed by atoms with van der Waals surface area (Å²) in [5.41, 5.74) is 1.56. The first-order valence-corrected chi connectivity index (χ1v) is 5.15. The largest absolute Gasteiger partial charge is 0.481 e. The van der Waals surface area contributed by atoms with Crippen LogP contribution in [0.2, 0.25) is 0 Å². The van der Waals surface area contributed by atoms with Gasteiger partial charge in [0, 0.05) is 24.0 Å². The van der Waals surface area contributed by atoms with Crippen LogP contribution >= 0.6 is 0 Å². The molecule has 2 rings (SSSR count). The Morgan fingerprint density at radius 1 is 1.50 bits per heavy atom. The summed E-state index contributed by atoms with van der Waals surface area (Å²) in [6, 6.07) is 3.65. The third-order valence-corrected chi connectivity index (χ3v) is 2.61. The Kier molecular flexibility index (Phi) is 2.81. The van der Waals surface area contributed by atoms with Gasteiger partial charge in [0.05, 0.1) is 11.4 Å². The average Bonchev–Trinajstić information content (AvgIpc) is 2.29. The number of hydrogen-bond acceptors (Lipinski definition) is 3. The maximum Gasteiger partial charge on any atom is 0.311 e. The summed E-state index contributed by atoms with van der Waals surface area (Å²) in [6.07, 6.45) is 5.55. The number of nitrogens with zero attached hydrogens (tertiary/aromatic N) is 2. The number of hydrogen-bond donors (Lipinski definition) is 1. The van der Waals surface area contributed by atoms with Crippen molar-refractivity contribution in [1.82, 2.24) is 9.97 Å². The highest BCUT2D eigenvalue weighted by molar-refractivity contribution is 5.81. The smallest absolute Gasteiger partial charge is 0.311 e. The zero-order valence-corrected chi connectivity index (χ0v) is 8.92. The van der Waals surface area contributed by atoms with E-state index in [1.54, 1.807) is 24.7 Å². The molecule has 0 aliphatic heterocycles. The Morgan fingerprint density at radius 3 is 3.00 bits per heavy atom. The van der Waals surface area contributed by atoms with Gasteiger partial charge < -0.3 is 5.11 Å². The standard InChI is InChI=1S/C12H12N2O2/c1-2-10(12(15)16)8-5-9-6-13-4-3-11(9)14-7-8/h3-7,10H,2H2,1H3,(H,15,16). The van der Waals surface area contributed by atoms with Crippen molar-refractivity contribution in [3.63, 3.8) is 0 Å². The number of pyridine rings is 2. The maximum atomic E-state index is 11.0. The topological polar surface area (TPSA) is 63.1 Å². The summed E-state index contributed by atoms with van der Waals surface area (Å²) < 4.78 is 0. The summed E-state index contributed by atoms with van der Waals surface area (Å²) in [6.45, 7) is 1.85. The summed E-state index contributed by atoms with van der Waals surface area (Å²) >= 11 is 0. The molecule has 2 aromatic rings. The molecule has 0 spiro atoms. The molecule has 0 bridgehead atoms. The Labute approximate surface area is 93.0 Å². The molecule has 0 aliphatic rings. The van der Waals surface area contributed by atoms with Crippen LogP contribution in [0.4, 0.5) is 0 Å².